The van der Waals surface area contributed by atoms with Crippen molar-refractivity contribution in [2.75, 3.05) is 33.4 Å². The number of hydrogen-bond acceptors (Lipinski definition) is 9. The van der Waals surface area contributed by atoms with Crippen molar-refractivity contribution in [2.45, 2.75) is 38.1 Å². The van der Waals surface area contributed by atoms with Gasteiger partial charge >= 0.3 is 17.8 Å². The van der Waals surface area contributed by atoms with E-state index in [1.165, 1.54) is 17.7 Å². The number of imidazole rings is 1. The van der Waals surface area contributed by atoms with Crippen molar-refractivity contribution in [2.24, 2.45) is 0 Å². The van der Waals surface area contributed by atoms with E-state index in [4.69, 9.17) is 13.9 Å². The number of aromatic nitrogens is 3. The molecule has 1 fully saturated rings. The molecule has 1 N–H and O–H groups in total. The summed E-state index contributed by atoms with van der Waals surface area (Å²) in [5.74, 6) is -2.05. The first-order valence-corrected chi connectivity index (χ1v) is 12.6. The number of carbonyl (C=O) groups is 1. The number of nitrogens with zero attached hydrogens (tertiary/aromatic N) is 4. The van der Waals surface area contributed by atoms with Crippen LogP contribution in [0.4, 0.5) is 17.6 Å². The molecule has 0 aliphatic carbocycles. The monoisotopic (exact) mass is 582 g/mol. The van der Waals surface area contributed by atoms with Crippen molar-refractivity contribution in [3.63, 3.8) is 0 Å². The van der Waals surface area contributed by atoms with Crippen molar-refractivity contribution in [1.29, 1.82) is 0 Å². The molecule has 0 spiro atoms. The molecule has 1 aliphatic heterocycles. The molecule has 0 bridgehead atoms. The van der Waals surface area contributed by atoms with Crippen LogP contribution in [0.25, 0.3) is 22.1 Å². The molecule has 5 rings (SSSR count). The minimum Gasteiger partial charge on any atom is -0.496 e. The lowest BCUT2D eigenvalue weighted by molar-refractivity contribution is -0.199. The second-order valence-electron chi connectivity index (χ2n) is 9.66. The molecule has 1 saturated heterocycles. The van der Waals surface area contributed by atoms with E-state index in [0.29, 0.717) is 54.4 Å². The molecule has 2 aromatic carbocycles. The van der Waals surface area contributed by atoms with Gasteiger partial charge in [0, 0.05) is 50.8 Å². The highest BCUT2D eigenvalue weighted by molar-refractivity contribution is 5.82. The van der Waals surface area contributed by atoms with Gasteiger partial charge in [0.2, 0.25) is 0 Å². The summed E-state index contributed by atoms with van der Waals surface area (Å²) in [5.41, 5.74) is -0.201. The molecule has 3 heterocycles. The van der Waals surface area contributed by atoms with Gasteiger partial charge in [0.1, 0.15) is 29.8 Å². The molecular formula is C26H26F4N4O7. The highest BCUT2D eigenvalue weighted by Crippen LogP contribution is 2.32. The minimum atomic E-state index is -5.34. The summed E-state index contributed by atoms with van der Waals surface area (Å²) in [6.45, 7) is 2.79. The summed E-state index contributed by atoms with van der Waals surface area (Å²) in [6.07, 6.45) is -5.43. The fourth-order valence-corrected chi connectivity index (χ4v) is 4.95. The first kappa shape index (κ1) is 28.4. The van der Waals surface area contributed by atoms with Gasteiger partial charge in [-0.25, -0.2) is 19.0 Å². The lowest BCUT2D eigenvalue weighted by atomic mass is 10.0. The van der Waals surface area contributed by atoms with Crippen LogP contribution in [-0.2, 0) is 4.79 Å². The predicted octanol–water partition coefficient (Wildman–Crippen LogP) is 2.99. The number of aliphatic hydroxyl groups is 1. The van der Waals surface area contributed by atoms with Gasteiger partial charge in [-0.1, -0.05) is 0 Å². The molecular weight excluding hydrogens is 556 g/mol. The van der Waals surface area contributed by atoms with Crippen molar-refractivity contribution in [3.8, 4) is 11.5 Å². The molecule has 15 heteroatoms. The summed E-state index contributed by atoms with van der Waals surface area (Å²) in [6, 6.07) is 6.02. The van der Waals surface area contributed by atoms with Crippen LogP contribution in [0.3, 0.4) is 0 Å². The summed E-state index contributed by atoms with van der Waals surface area (Å²) in [7, 11) is 1.51. The third kappa shape index (κ3) is 5.86. The Morgan fingerprint density at radius 1 is 1.20 bits per heavy atom. The number of halogens is 4. The third-order valence-corrected chi connectivity index (χ3v) is 6.80. The average molecular weight is 583 g/mol. The van der Waals surface area contributed by atoms with Crippen LogP contribution >= 0.6 is 0 Å². The maximum absolute atomic E-state index is 13.9. The van der Waals surface area contributed by atoms with Crippen LogP contribution in [-0.4, -0.2) is 75.9 Å². The first-order valence-electron chi connectivity index (χ1n) is 12.6. The Morgan fingerprint density at radius 3 is 2.61 bits per heavy atom. The number of hydrogen-bond donors (Lipinski definition) is 1. The van der Waals surface area contributed by atoms with Gasteiger partial charge in [-0.2, -0.15) is 13.2 Å². The molecule has 4 aromatic rings. The lowest BCUT2D eigenvalue weighted by Crippen LogP contribution is -2.43. The maximum Gasteiger partial charge on any atom is 0.493 e. The number of aliphatic hydroxyl groups excluding tert-OH is 1. The summed E-state index contributed by atoms with van der Waals surface area (Å²) in [4.78, 5) is 35.0. The topological polar surface area (TPSA) is 121 Å². The SMILES string of the molecule is COc1cc(OC[C@@H](O)CN2CCC(n3c(=O)n(OC(=O)C(F)(F)F)c4cc(F)ccc43)CC2)c2nc(C)oc2c1. The van der Waals surface area contributed by atoms with Crippen LogP contribution in [0.1, 0.15) is 24.8 Å². The van der Waals surface area contributed by atoms with E-state index >= 15 is 0 Å². The van der Waals surface area contributed by atoms with E-state index in [0.717, 1.165) is 12.1 Å². The zero-order chi connectivity index (χ0) is 29.5. The number of piperidine rings is 1. The maximum atomic E-state index is 13.9. The minimum absolute atomic E-state index is 0.0445. The smallest absolute Gasteiger partial charge is 0.493 e. The number of benzene rings is 2. The second kappa shape index (κ2) is 11.0. The molecule has 0 radical (unpaired) electrons. The van der Waals surface area contributed by atoms with E-state index in [2.05, 4.69) is 9.82 Å². The Morgan fingerprint density at radius 2 is 1.93 bits per heavy atom. The normalized spacial score (nSPS) is 15.9. The molecule has 0 saturated carbocycles. The van der Waals surface area contributed by atoms with Crippen molar-refractivity contribution in [3.05, 3.63) is 52.5 Å². The van der Waals surface area contributed by atoms with Crippen LogP contribution < -0.4 is 20.0 Å². The fourth-order valence-electron chi connectivity index (χ4n) is 4.95. The largest absolute Gasteiger partial charge is 0.496 e. The summed E-state index contributed by atoms with van der Waals surface area (Å²) < 4.78 is 70.3. The molecule has 1 aliphatic rings. The predicted molar refractivity (Wildman–Crippen MR) is 135 cm³/mol. The first-order chi connectivity index (χ1) is 19.4. The quantitative estimate of drug-likeness (QED) is 0.313. The number of oxazole rings is 1. The fraction of sp³-hybridized carbons (Fsp3) is 0.423. The highest BCUT2D eigenvalue weighted by Gasteiger charge is 2.43. The summed E-state index contributed by atoms with van der Waals surface area (Å²) >= 11 is 0. The number of fused-ring (bicyclic) bond motifs is 2. The van der Waals surface area contributed by atoms with Gasteiger partial charge < -0.3 is 28.7 Å². The number of aryl methyl sites for hydroxylation is 1. The molecule has 0 amide bonds. The van der Waals surface area contributed by atoms with E-state index in [1.807, 2.05) is 4.90 Å². The second-order valence-corrected chi connectivity index (χ2v) is 9.66. The number of carbonyl (C=O) groups excluding carboxylic acids is 1. The summed E-state index contributed by atoms with van der Waals surface area (Å²) in [5, 5.41) is 10.6. The Hall–Kier alpha value is -4.11. The molecule has 0 unspecified atom stereocenters. The van der Waals surface area contributed by atoms with Gasteiger partial charge in [-0.3, -0.25) is 4.57 Å². The highest BCUT2D eigenvalue weighted by atomic mass is 19.4. The Kier molecular flexibility index (Phi) is 7.66. The van der Waals surface area contributed by atoms with Crippen molar-refractivity contribution < 1.29 is 46.2 Å². The van der Waals surface area contributed by atoms with Gasteiger partial charge in [-0.05, 0) is 25.0 Å². The third-order valence-electron chi connectivity index (χ3n) is 6.80. The van der Waals surface area contributed by atoms with E-state index in [9.17, 15) is 32.3 Å². The molecule has 11 nitrogen and oxygen atoms in total. The molecule has 220 valence electrons. The Bertz CT molecular complexity index is 1640. The van der Waals surface area contributed by atoms with Crippen LogP contribution in [0, 0.1) is 12.7 Å². The van der Waals surface area contributed by atoms with Gasteiger partial charge in [0.25, 0.3) is 0 Å². The number of rotatable bonds is 8. The number of alkyl halides is 3. The number of likely N-dealkylation sites (tertiary alicyclic amines) is 1. The van der Waals surface area contributed by atoms with E-state index in [1.54, 1.807) is 19.1 Å². The molecule has 2 aromatic heterocycles. The zero-order valence-corrected chi connectivity index (χ0v) is 22.0. The number of β-amino-alcohol motifs (C(OH)–C–C–N with tert-alkyl or cyclic N) is 1. The van der Waals surface area contributed by atoms with E-state index < -0.39 is 35.8 Å². The van der Waals surface area contributed by atoms with Gasteiger partial charge in [0.15, 0.2) is 22.7 Å². The zero-order valence-electron chi connectivity index (χ0n) is 22.0. The number of ether oxygens (including phenoxy) is 2. The standard InChI is InChI=1S/C26H26F4N4O7/c1-14-31-23-21(10-18(38-2)11-22(23)40-14)39-13-17(35)12-32-7-5-16(6-8-32)33-19-4-3-15(27)9-20(19)34(25(33)37)41-24(36)26(28,29)30/h3-4,9-11,16-17,35H,5-8,12-13H2,1-2H3/t17-/m0/s1. The van der Waals surface area contributed by atoms with Crippen molar-refractivity contribution in [1.82, 2.24) is 19.2 Å². The average Bonchev–Trinajstić information content (AvgIpc) is 3.43. The van der Waals surface area contributed by atoms with Crippen LogP contribution in [0.15, 0.2) is 39.5 Å². The van der Waals surface area contributed by atoms with Crippen molar-refractivity contribution >= 4 is 28.1 Å². The van der Waals surface area contributed by atoms with Gasteiger partial charge in [-0.15, -0.1) is 4.73 Å². The number of methoxy groups -OCH3 is 1. The van der Waals surface area contributed by atoms with Crippen LogP contribution in [0.5, 0.6) is 11.5 Å². The molecule has 1 atom stereocenters. The van der Waals surface area contributed by atoms with Gasteiger partial charge in [0.05, 0.1) is 12.6 Å². The Labute approximate surface area is 229 Å². The van der Waals surface area contributed by atoms with E-state index in [-0.39, 0.29) is 28.9 Å². The Balaban J connectivity index is 1.24. The van der Waals surface area contributed by atoms with Crippen LogP contribution in [0.2, 0.25) is 0 Å². The molecule has 41 heavy (non-hydrogen) atoms. The lowest BCUT2D eigenvalue weighted by Gasteiger charge is -2.33.